The molecule has 0 radical (unpaired) electrons. The predicted octanol–water partition coefficient (Wildman–Crippen LogP) is 0.0892. The topological polar surface area (TPSA) is 82.7 Å². The van der Waals surface area contributed by atoms with Crippen LogP contribution in [0.15, 0.2) is 39.9 Å². The van der Waals surface area contributed by atoms with Crippen molar-refractivity contribution in [3.63, 3.8) is 0 Å². The Morgan fingerprint density at radius 3 is 2.35 bits per heavy atom. The summed E-state index contributed by atoms with van der Waals surface area (Å²) in [6.45, 7) is 0. The Kier molecular flexibility index (Phi) is 2.67. The summed E-state index contributed by atoms with van der Waals surface area (Å²) in [7, 11) is 2.95. The second kappa shape index (κ2) is 4.37. The summed E-state index contributed by atoms with van der Waals surface area (Å²) >= 11 is 0. The maximum atomic E-state index is 12.0. The van der Waals surface area contributed by atoms with Crippen LogP contribution >= 0.6 is 0 Å². The Labute approximate surface area is 113 Å². The van der Waals surface area contributed by atoms with Crippen LogP contribution in [0.3, 0.4) is 0 Å². The van der Waals surface area contributed by atoms with Gasteiger partial charge < -0.3 is 0 Å². The zero-order valence-corrected chi connectivity index (χ0v) is 10.9. The van der Waals surface area contributed by atoms with Crippen LogP contribution < -0.4 is 11.2 Å². The molecule has 0 amide bonds. The van der Waals surface area contributed by atoms with E-state index in [0.717, 1.165) is 10.1 Å². The van der Waals surface area contributed by atoms with Gasteiger partial charge in [0.25, 0.3) is 5.56 Å². The van der Waals surface area contributed by atoms with Crippen molar-refractivity contribution in [3.8, 4) is 11.4 Å². The van der Waals surface area contributed by atoms with E-state index in [2.05, 4.69) is 15.2 Å². The SMILES string of the molecule is Cn1c(=O)c2nnc(-c3ccccc3)nc2n(C)c1=O. The molecule has 0 aliphatic rings. The van der Waals surface area contributed by atoms with Crippen molar-refractivity contribution in [1.29, 1.82) is 0 Å². The van der Waals surface area contributed by atoms with Crippen molar-refractivity contribution in [2.75, 3.05) is 0 Å². The number of benzene rings is 1. The first-order valence-corrected chi connectivity index (χ1v) is 5.95. The average molecular weight is 269 g/mol. The first kappa shape index (κ1) is 12.2. The van der Waals surface area contributed by atoms with Gasteiger partial charge in [0.05, 0.1) is 0 Å². The van der Waals surface area contributed by atoms with Crippen molar-refractivity contribution in [2.45, 2.75) is 0 Å². The predicted molar refractivity (Wildman–Crippen MR) is 73.3 cm³/mol. The lowest BCUT2D eigenvalue weighted by atomic mass is 10.2. The molecule has 3 aromatic rings. The molecule has 0 aliphatic heterocycles. The van der Waals surface area contributed by atoms with Crippen LogP contribution in [0, 0.1) is 0 Å². The van der Waals surface area contributed by atoms with Crippen LogP contribution in [0.5, 0.6) is 0 Å². The second-order valence-corrected chi connectivity index (χ2v) is 4.38. The number of hydrogen-bond donors (Lipinski definition) is 0. The Morgan fingerprint density at radius 1 is 0.950 bits per heavy atom. The molecule has 0 saturated carbocycles. The summed E-state index contributed by atoms with van der Waals surface area (Å²) in [5.74, 6) is 0.376. The fourth-order valence-electron chi connectivity index (χ4n) is 1.96. The van der Waals surface area contributed by atoms with Gasteiger partial charge in [-0.1, -0.05) is 30.3 Å². The van der Waals surface area contributed by atoms with E-state index in [4.69, 9.17) is 0 Å². The molecule has 0 bridgehead atoms. The minimum Gasteiger partial charge on any atom is -0.279 e. The fourth-order valence-corrected chi connectivity index (χ4v) is 1.96. The molecule has 3 rings (SSSR count). The van der Waals surface area contributed by atoms with E-state index >= 15 is 0 Å². The number of nitrogens with zero attached hydrogens (tertiary/aromatic N) is 5. The normalized spacial score (nSPS) is 10.9. The van der Waals surface area contributed by atoms with Crippen LogP contribution in [0.4, 0.5) is 0 Å². The van der Waals surface area contributed by atoms with Gasteiger partial charge >= 0.3 is 5.69 Å². The first-order valence-electron chi connectivity index (χ1n) is 5.95. The molecule has 20 heavy (non-hydrogen) atoms. The van der Waals surface area contributed by atoms with Gasteiger partial charge in [-0.25, -0.2) is 9.78 Å². The third-order valence-electron chi connectivity index (χ3n) is 3.10. The molecule has 2 aromatic heterocycles. The molecule has 0 aliphatic carbocycles. The smallest absolute Gasteiger partial charge is 0.279 e. The van der Waals surface area contributed by atoms with Crippen molar-refractivity contribution < 1.29 is 0 Å². The number of aromatic nitrogens is 5. The lowest BCUT2D eigenvalue weighted by molar-refractivity contribution is 0.700. The Bertz CT molecular complexity index is 912. The molecular weight excluding hydrogens is 258 g/mol. The summed E-state index contributed by atoms with van der Waals surface area (Å²) < 4.78 is 2.28. The molecule has 0 spiro atoms. The van der Waals surface area contributed by atoms with Crippen molar-refractivity contribution in [2.24, 2.45) is 14.1 Å². The van der Waals surface area contributed by atoms with Crippen LogP contribution in [-0.2, 0) is 14.1 Å². The summed E-state index contributed by atoms with van der Waals surface area (Å²) in [6.07, 6.45) is 0. The fraction of sp³-hybridized carbons (Fsp3) is 0.154. The summed E-state index contributed by atoms with van der Waals surface area (Å²) in [4.78, 5) is 28.1. The van der Waals surface area contributed by atoms with E-state index in [9.17, 15) is 9.59 Å². The largest absolute Gasteiger partial charge is 0.332 e. The lowest BCUT2D eigenvalue weighted by Gasteiger charge is -2.06. The molecular formula is C13H11N5O2. The highest BCUT2D eigenvalue weighted by Crippen LogP contribution is 2.13. The molecule has 0 fully saturated rings. The molecule has 7 nitrogen and oxygen atoms in total. The zero-order valence-electron chi connectivity index (χ0n) is 10.9. The van der Waals surface area contributed by atoms with E-state index in [-0.39, 0.29) is 11.2 Å². The zero-order chi connectivity index (χ0) is 14.3. The molecule has 7 heteroatoms. The van der Waals surface area contributed by atoms with E-state index in [1.165, 1.54) is 11.6 Å². The molecule has 100 valence electrons. The standard InChI is InChI=1S/C13H11N5O2/c1-17-11-9(12(19)18(2)13(17)20)15-16-10(14-11)8-6-4-3-5-7-8/h3-7H,1-2H3. The van der Waals surface area contributed by atoms with Crippen molar-refractivity contribution in [1.82, 2.24) is 24.3 Å². The van der Waals surface area contributed by atoms with E-state index < -0.39 is 11.2 Å². The second-order valence-electron chi connectivity index (χ2n) is 4.38. The van der Waals surface area contributed by atoms with Crippen LogP contribution in [0.1, 0.15) is 0 Å². The van der Waals surface area contributed by atoms with Gasteiger partial charge in [-0.2, -0.15) is 0 Å². The summed E-state index contributed by atoms with van der Waals surface area (Å²) in [5, 5.41) is 7.87. The number of aryl methyl sites for hydroxylation is 1. The van der Waals surface area contributed by atoms with Crippen molar-refractivity contribution in [3.05, 3.63) is 51.2 Å². The van der Waals surface area contributed by atoms with Crippen LogP contribution in [0.2, 0.25) is 0 Å². The quantitative estimate of drug-likeness (QED) is 0.625. The maximum absolute atomic E-state index is 12.0. The first-order chi connectivity index (χ1) is 9.59. The Morgan fingerprint density at radius 2 is 1.65 bits per heavy atom. The highest BCUT2D eigenvalue weighted by molar-refractivity contribution is 5.70. The van der Waals surface area contributed by atoms with Crippen LogP contribution in [0.25, 0.3) is 22.6 Å². The molecule has 2 heterocycles. The molecule has 0 atom stereocenters. The molecule has 0 unspecified atom stereocenters. The van der Waals surface area contributed by atoms with Gasteiger partial charge in [0.2, 0.25) is 0 Å². The molecule has 0 N–H and O–H groups in total. The van der Waals surface area contributed by atoms with Gasteiger partial charge in [0, 0.05) is 19.7 Å². The highest BCUT2D eigenvalue weighted by atomic mass is 16.2. The summed E-state index contributed by atoms with van der Waals surface area (Å²) in [6, 6.07) is 9.26. The Balaban J connectivity index is 2.38. The number of rotatable bonds is 1. The minimum absolute atomic E-state index is 0.0780. The Hall–Kier alpha value is -2.83. The molecule has 0 saturated heterocycles. The monoisotopic (exact) mass is 269 g/mol. The third kappa shape index (κ3) is 1.71. The maximum Gasteiger partial charge on any atom is 0.332 e. The van der Waals surface area contributed by atoms with Gasteiger partial charge in [0.15, 0.2) is 17.0 Å². The third-order valence-corrected chi connectivity index (χ3v) is 3.10. The van der Waals surface area contributed by atoms with E-state index in [0.29, 0.717) is 5.82 Å². The summed E-state index contributed by atoms with van der Waals surface area (Å²) in [5.41, 5.74) is 0.140. The highest BCUT2D eigenvalue weighted by Gasteiger charge is 2.13. The molecule has 1 aromatic carbocycles. The van der Waals surface area contributed by atoms with Gasteiger partial charge in [0.1, 0.15) is 0 Å². The van der Waals surface area contributed by atoms with Gasteiger partial charge in [-0.3, -0.25) is 13.9 Å². The lowest BCUT2D eigenvalue weighted by Crippen LogP contribution is -2.38. The number of fused-ring (bicyclic) bond motifs is 1. The van der Waals surface area contributed by atoms with Crippen molar-refractivity contribution >= 4 is 11.2 Å². The van der Waals surface area contributed by atoms with Crippen LogP contribution in [-0.4, -0.2) is 24.3 Å². The van der Waals surface area contributed by atoms with E-state index in [1.807, 2.05) is 30.3 Å². The average Bonchev–Trinajstić information content (AvgIpc) is 2.51. The minimum atomic E-state index is -0.497. The van der Waals surface area contributed by atoms with Gasteiger partial charge in [-0.15, -0.1) is 10.2 Å². The number of hydrogen-bond acceptors (Lipinski definition) is 5. The van der Waals surface area contributed by atoms with Gasteiger partial charge in [-0.05, 0) is 0 Å². The van der Waals surface area contributed by atoms with E-state index in [1.54, 1.807) is 7.05 Å².